The van der Waals surface area contributed by atoms with Crippen LogP contribution in [0.3, 0.4) is 0 Å². The second-order valence-corrected chi connectivity index (χ2v) is 9.25. The lowest BCUT2D eigenvalue weighted by molar-refractivity contribution is -0.384. The molecule has 178 valence electrons. The normalized spacial score (nSPS) is 14.1. The monoisotopic (exact) mass is 518 g/mol. The van der Waals surface area contributed by atoms with Crippen LogP contribution in [0.25, 0.3) is 16.2 Å². The zero-order valence-corrected chi connectivity index (χ0v) is 20.1. The molecule has 2 heterocycles. The number of aryl methyl sites for hydroxylation is 1. The molecule has 5 rings (SSSR count). The van der Waals surface area contributed by atoms with Gasteiger partial charge in [0.2, 0.25) is 5.90 Å². The summed E-state index contributed by atoms with van der Waals surface area (Å²) in [6.45, 7) is 1.88. The smallest absolute Gasteiger partial charge is 0.363 e. The van der Waals surface area contributed by atoms with Gasteiger partial charge < -0.3 is 9.47 Å². The number of ether oxygens (including phenoxy) is 2. The van der Waals surface area contributed by atoms with E-state index in [1.54, 1.807) is 48.5 Å². The Bertz CT molecular complexity index is 1640. The first-order valence-corrected chi connectivity index (χ1v) is 11.8. The third kappa shape index (κ3) is 4.49. The number of carbonyl (C=O) groups is 2. The molecule has 1 aliphatic heterocycles. The number of esters is 2. The van der Waals surface area contributed by atoms with E-state index in [1.807, 2.05) is 13.0 Å². The van der Waals surface area contributed by atoms with Crippen LogP contribution in [0.2, 0.25) is 5.02 Å². The van der Waals surface area contributed by atoms with Gasteiger partial charge in [-0.25, -0.2) is 14.6 Å². The maximum absolute atomic E-state index is 12.6. The molecule has 0 saturated heterocycles. The second kappa shape index (κ2) is 9.37. The van der Waals surface area contributed by atoms with E-state index in [1.165, 1.54) is 18.2 Å². The molecule has 0 atom stereocenters. The van der Waals surface area contributed by atoms with Gasteiger partial charge in [0.15, 0.2) is 5.70 Å². The molecule has 0 aliphatic carbocycles. The molecule has 0 radical (unpaired) electrons. The SMILES string of the molecule is Cc1cccc(C(=O)Oc2ccccc2/C=C2/N=C(c3sc4cc([N+](=O)[O-])ccc4c3Cl)OC2=O)c1. The Morgan fingerprint density at radius 3 is 2.72 bits per heavy atom. The van der Waals surface area contributed by atoms with Crippen molar-refractivity contribution in [3.05, 3.63) is 109 Å². The Labute approximate surface area is 213 Å². The lowest BCUT2D eigenvalue weighted by Crippen LogP contribution is -2.09. The van der Waals surface area contributed by atoms with E-state index in [0.29, 0.717) is 26.1 Å². The molecule has 36 heavy (non-hydrogen) atoms. The van der Waals surface area contributed by atoms with Crippen LogP contribution in [0.4, 0.5) is 5.69 Å². The molecule has 10 heteroatoms. The number of halogens is 1. The van der Waals surface area contributed by atoms with Gasteiger partial charge in [0.1, 0.15) is 10.6 Å². The average Bonchev–Trinajstić information content (AvgIpc) is 3.39. The van der Waals surface area contributed by atoms with Crippen molar-refractivity contribution in [2.24, 2.45) is 4.99 Å². The van der Waals surface area contributed by atoms with E-state index >= 15 is 0 Å². The molecular formula is C26H15ClN2O6S. The first kappa shape index (κ1) is 23.4. The van der Waals surface area contributed by atoms with Crippen molar-refractivity contribution in [3.8, 4) is 5.75 Å². The predicted molar refractivity (Wildman–Crippen MR) is 137 cm³/mol. The number of carbonyl (C=O) groups excluding carboxylic acids is 2. The highest BCUT2D eigenvalue weighted by Gasteiger charge is 2.29. The van der Waals surface area contributed by atoms with E-state index in [4.69, 9.17) is 21.1 Å². The Balaban J connectivity index is 1.47. The van der Waals surface area contributed by atoms with Crippen LogP contribution < -0.4 is 4.74 Å². The number of fused-ring (bicyclic) bond motifs is 1. The Morgan fingerprint density at radius 1 is 1.14 bits per heavy atom. The first-order valence-electron chi connectivity index (χ1n) is 10.6. The van der Waals surface area contributed by atoms with Crippen LogP contribution in [0, 0.1) is 17.0 Å². The fourth-order valence-corrected chi connectivity index (χ4v) is 5.05. The number of hydrogen-bond acceptors (Lipinski definition) is 8. The number of thiophene rings is 1. The molecule has 0 saturated carbocycles. The molecule has 0 bridgehead atoms. The number of nitro groups is 1. The van der Waals surface area contributed by atoms with Crippen LogP contribution in [0.5, 0.6) is 5.75 Å². The average molecular weight is 519 g/mol. The largest absolute Gasteiger partial charge is 0.422 e. The van der Waals surface area contributed by atoms with Crippen LogP contribution in [-0.4, -0.2) is 22.8 Å². The van der Waals surface area contributed by atoms with Crippen LogP contribution >= 0.6 is 22.9 Å². The zero-order chi connectivity index (χ0) is 25.4. The van der Waals surface area contributed by atoms with Gasteiger partial charge in [-0.1, -0.05) is 47.5 Å². The van der Waals surface area contributed by atoms with E-state index in [-0.39, 0.29) is 28.1 Å². The zero-order valence-electron chi connectivity index (χ0n) is 18.6. The number of benzene rings is 3. The number of cyclic esters (lactones) is 1. The number of aliphatic imine (C=N–C) groups is 1. The fraction of sp³-hybridized carbons (Fsp3) is 0.0385. The molecule has 0 spiro atoms. The van der Waals surface area contributed by atoms with Crippen LogP contribution in [-0.2, 0) is 9.53 Å². The standard InChI is InChI=1S/C26H15ClN2O6S/c1-14-5-4-7-16(11-14)25(30)34-20-8-3-2-6-15(20)12-19-26(31)35-24(28-19)23-22(27)18-10-9-17(29(32)33)13-21(18)36-23/h2-13H,1H3/b19-12+. The lowest BCUT2D eigenvalue weighted by atomic mass is 10.1. The molecule has 8 nitrogen and oxygen atoms in total. The van der Waals surface area contributed by atoms with Crippen molar-refractivity contribution < 1.29 is 24.0 Å². The van der Waals surface area contributed by atoms with Crippen LogP contribution in [0.1, 0.15) is 26.4 Å². The molecule has 0 amide bonds. The van der Waals surface area contributed by atoms with Crippen molar-refractivity contribution in [3.63, 3.8) is 0 Å². The second-order valence-electron chi connectivity index (χ2n) is 7.82. The maximum atomic E-state index is 12.6. The Morgan fingerprint density at radius 2 is 1.94 bits per heavy atom. The molecule has 0 N–H and O–H groups in total. The summed E-state index contributed by atoms with van der Waals surface area (Å²) in [6.07, 6.45) is 1.46. The lowest BCUT2D eigenvalue weighted by Gasteiger charge is -2.08. The molecule has 0 fully saturated rings. The van der Waals surface area contributed by atoms with Crippen molar-refractivity contribution in [1.29, 1.82) is 0 Å². The summed E-state index contributed by atoms with van der Waals surface area (Å²) in [6, 6.07) is 18.1. The van der Waals surface area contributed by atoms with E-state index in [0.717, 1.165) is 16.9 Å². The van der Waals surface area contributed by atoms with Gasteiger partial charge in [-0.15, -0.1) is 11.3 Å². The van der Waals surface area contributed by atoms with Crippen molar-refractivity contribution in [2.45, 2.75) is 6.92 Å². The number of non-ortho nitro benzene ring substituents is 1. The highest BCUT2D eigenvalue weighted by molar-refractivity contribution is 7.21. The Hall–Kier alpha value is -4.34. The summed E-state index contributed by atoms with van der Waals surface area (Å²) in [5.74, 6) is -0.993. The van der Waals surface area contributed by atoms with Gasteiger partial charge in [0.05, 0.1) is 15.5 Å². The van der Waals surface area contributed by atoms with Gasteiger partial charge in [-0.05, 0) is 37.3 Å². The fourth-order valence-electron chi connectivity index (χ4n) is 3.58. The molecule has 1 aliphatic rings. The molecular weight excluding hydrogens is 504 g/mol. The molecule has 3 aromatic carbocycles. The minimum absolute atomic E-state index is 0.00524. The van der Waals surface area contributed by atoms with E-state index in [9.17, 15) is 19.7 Å². The quantitative estimate of drug-likeness (QED) is 0.100. The summed E-state index contributed by atoms with van der Waals surface area (Å²) in [5, 5.41) is 12.0. The van der Waals surface area contributed by atoms with Gasteiger partial charge in [-0.3, -0.25) is 10.1 Å². The number of hydrogen-bond donors (Lipinski definition) is 0. The molecule has 4 aromatic rings. The van der Waals surface area contributed by atoms with Crippen molar-refractivity contribution in [1.82, 2.24) is 0 Å². The van der Waals surface area contributed by atoms with Gasteiger partial charge in [0, 0.05) is 27.8 Å². The highest BCUT2D eigenvalue weighted by Crippen LogP contribution is 2.39. The van der Waals surface area contributed by atoms with Crippen molar-refractivity contribution in [2.75, 3.05) is 0 Å². The van der Waals surface area contributed by atoms with Gasteiger partial charge in [-0.2, -0.15) is 0 Å². The summed E-state index contributed by atoms with van der Waals surface area (Å²) in [4.78, 5) is 40.5. The minimum Gasteiger partial charge on any atom is -0.422 e. The summed E-state index contributed by atoms with van der Waals surface area (Å²) < 4.78 is 11.5. The summed E-state index contributed by atoms with van der Waals surface area (Å²) in [7, 11) is 0. The van der Waals surface area contributed by atoms with Gasteiger partial charge in [0.25, 0.3) is 5.69 Å². The van der Waals surface area contributed by atoms with Crippen molar-refractivity contribution >= 4 is 62.6 Å². The minimum atomic E-state index is -0.704. The number of rotatable bonds is 5. The number of nitro benzene ring substituents is 1. The van der Waals surface area contributed by atoms with Crippen LogP contribution in [0.15, 0.2) is 77.4 Å². The number of para-hydroxylation sites is 1. The predicted octanol–water partition coefficient (Wildman–Crippen LogP) is 6.34. The Kier molecular flexibility index (Phi) is 6.09. The number of nitrogens with zero attached hydrogens (tertiary/aromatic N) is 2. The molecule has 1 aromatic heterocycles. The first-order chi connectivity index (χ1) is 17.3. The highest BCUT2D eigenvalue weighted by atomic mass is 35.5. The summed E-state index contributed by atoms with van der Waals surface area (Å²) >= 11 is 7.60. The topological polar surface area (TPSA) is 108 Å². The third-order valence-corrected chi connectivity index (χ3v) is 6.95. The molecule has 0 unspecified atom stereocenters. The summed E-state index contributed by atoms with van der Waals surface area (Å²) in [5.41, 5.74) is 1.69. The third-order valence-electron chi connectivity index (χ3n) is 5.31. The van der Waals surface area contributed by atoms with E-state index < -0.39 is 16.9 Å². The maximum Gasteiger partial charge on any atom is 0.363 e. The van der Waals surface area contributed by atoms with E-state index in [2.05, 4.69) is 4.99 Å². The van der Waals surface area contributed by atoms with Gasteiger partial charge >= 0.3 is 11.9 Å².